The Labute approximate surface area is 145 Å². The highest BCUT2D eigenvalue weighted by atomic mass is 16.5. The van der Waals surface area contributed by atoms with Gasteiger partial charge in [-0.15, -0.1) is 0 Å². The third-order valence-electron chi connectivity index (χ3n) is 4.24. The fourth-order valence-corrected chi connectivity index (χ4v) is 3.35. The van der Waals surface area contributed by atoms with Crippen LogP contribution in [0.4, 0.5) is 0 Å². The molecule has 3 heteroatoms. The first-order valence-electron chi connectivity index (χ1n) is 9.18. The van der Waals surface area contributed by atoms with E-state index in [1.54, 1.807) is 0 Å². The quantitative estimate of drug-likeness (QED) is 0.599. The van der Waals surface area contributed by atoms with Gasteiger partial charge in [0.25, 0.3) is 0 Å². The molecule has 0 saturated heterocycles. The van der Waals surface area contributed by atoms with E-state index in [-0.39, 0.29) is 22.2 Å². The monoisotopic (exact) mass is 329 g/mol. The van der Waals surface area contributed by atoms with Crippen LogP contribution >= 0.6 is 0 Å². The van der Waals surface area contributed by atoms with E-state index in [1.165, 1.54) is 0 Å². The van der Waals surface area contributed by atoms with Gasteiger partial charge in [0.1, 0.15) is 0 Å². The van der Waals surface area contributed by atoms with Crippen molar-refractivity contribution >= 4 is 0 Å². The van der Waals surface area contributed by atoms with Crippen molar-refractivity contribution < 1.29 is 9.47 Å². The molecule has 3 nitrogen and oxygen atoms in total. The zero-order valence-electron chi connectivity index (χ0n) is 17.7. The molecule has 0 aliphatic carbocycles. The standard InChI is InChI=1S/C20H43NO2/c1-12-21-16(2)20(10,11)22-14-13-18(6,7)23-19(8,9)15-17(3,4)5/h16,21H,12-15H2,1-11H3. The van der Waals surface area contributed by atoms with Crippen LogP contribution < -0.4 is 5.32 Å². The SMILES string of the molecule is CCNC(C)C(C)(C)OCCC(C)(C)OC(C)(C)CC(C)(C)C. The normalized spacial score (nSPS) is 15.8. The molecule has 0 saturated carbocycles. The van der Waals surface area contributed by atoms with Gasteiger partial charge < -0.3 is 14.8 Å². The van der Waals surface area contributed by atoms with Crippen LogP contribution in [0, 0.1) is 5.41 Å². The Morgan fingerprint density at radius 3 is 1.83 bits per heavy atom. The van der Waals surface area contributed by atoms with E-state index in [1.807, 2.05) is 0 Å². The molecule has 0 aliphatic rings. The lowest BCUT2D eigenvalue weighted by Gasteiger charge is -2.40. The third kappa shape index (κ3) is 10.4. The predicted octanol–water partition coefficient (Wildman–Crippen LogP) is 5.18. The van der Waals surface area contributed by atoms with E-state index in [4.69, 9.17) is 9.47 Å². The van der Waals surface area contributed by atoms with Crippen LogP contribution in [0.2, 0.25) is 0 Å². The van der Waals surface area contributed by atoms with Crippen LogP contribution in [0.5, 0.6) is 0 Å². The average Bonchev–Trinajstić information content (AvgIpc) is 2.22. The Morgan fingerprint density at radius 2 is 1.39 bits per heavy atom. The van der Waals surface area contributed by atoms with Crippen LogP contribution in [0.25, 0.3) is 0 Å². The Hall–Kier alpha value is -0.120. The first-order valence-corrected chi connectivity index (χ1v) is 9.18. The summed E-state index contributed by atoms with van der Waals surface area (Å²) in [7, 11) is 0. The van der Waals surface area contributed by atoms with Crippen molar-refractivity contribution in [2.45, 2.75) is 112 Å². The van der Waals surface area contributed by atoms with Gasteiger partial charge in [0.15, 0.2) is 0 Å². The predicted molar refractivity (Wildman–Crippen MR) is 101 cm³/mol. The highest BCUT2D eigenvalue weighted by Crippen LogP contribution is 2.33. The lowest BCUT2D eigenvalue weighted by Crippen LogP contribution is -2.47. The molecule has 0 heterocycles. The van der Waals surface area contributed by atoms with Gasteiger partial charge in [0.05, 0.1) is 23.4 Å². The van der Waals surface area contributed by atoms with Crippen LogP contribution in [0.1, 0.15) is 89.0 Å². The zero-order chi connectivity index (χ0) is 18.5. The molecule has 140 valence electrons. The highest BCUT2D eigenvalue weighted by molar-refractivity contribution is 4.84. The minimum absolute atomic E-state index is 0.131. The zero-order valence-corrected chi connectivity index (χ0v) is 17.7. The molecule has 0 bridgehead atoms. The van der Waals surface area contributed by atoms with Crippen molar-refractivity contribution in [2.75, 3.05) is 13.2 Å². The number of hydrogen-bond donors (Lipinski definition) is 1. The summed E-state index contributed by atoms with van der Waals surface area (Å²) in [6, 6.07) is 0.328. The van der Waals surface area contributed by atoms with E-state index in [2.05, 4.69) is 81.5 Å². The van der Waals surface area contributed by atoms with Crippen LogP contribution in [0.3, 0.4) is 0 Å². The molecule has 0 amide bonds. The second-order valence-corrected chi connectivity index (χ2v) is 9.84. The van der Waals surface area contributed by atoms with Crippen molar-refractivity contribution in [1.29, 1.82) is 0 Å². The van der Waals surface area contributed by atoms with Gasteiger partial charge in [0.2, 0.25) is 0 Å². The van der Waals surface area contributed by atoms with Crippen molar-refractivity contribution in [1.82, 2.24) is 5.32 Å². The maximum atomic E-state index is 6.43. The summed E-state index contributed by atoms with van der Waals surface area (Å²) < 4.78 is 12.6. The fourth-order valence-electron chi connectivity index (χ4n) is 3.35. The molecular weight excluding hydrogens is 286 g/mol. The molecule has 0 radical (unpaired) electrons. The van der Waals surface area contributed by atoms with E-state index < -0.39 is 0 Å². The van der Waals surface area contributed by atoms with Gasteiger partial charge in [-0.25, -0.2) is 0 Å². The van der Waals surface area contributed by atoms with E-state index in [0.29, 0.717) is 12.6 Å². The number of likely N-dealkylation sites (N-methyl/N-ethyl adjacent to an activating group) is 1. The number of ether oxygens (including phenoxy) is 2. The summed E-state index contributed by atoms with van der Waals surface area (Å²) in [6.07, 6.45) is 1.93. The van der Waals surface area contributed by atoms with Gasteiger partial charge in [-0.05, 0) is 73.3 Å². The van der Waals surface area contributed by atoms with Crippen LogP contribution in [0.15, 0.2) is 0 Å². The summed E-state index contributed by atoms with van der Waals surface area (Å²) in [4.78, 5) is 0. The molecule has 0 spiro atoms. The van der Waals surface area contributed by atoms with Crippen LogP contribution in [-0.4, -0.2) is 36.0 Å². The van der Waals surface area contributed by atoms with Gasteiger partial charge >= 0.3 is 0 Å². The minimum atomic E-state index is -0.188. The van der Waals surface area contributed by atoms with Crippen LogP contribution in [-0.2, 0) is 9.47 Å². The topological polar surface area (TPSA) is 30.5 Å². The maximum absolute atomic E-state index is 6.43. The summed E-state index contributed by atoms with van der Waals surface area (Å²) >= 11 is 0. The largest absolute Gasteiger partial charge is 0.374 e. The lowest BCUT2D eigenvalue weighted by molar-refractivity contribution is -0.152. The maximum Gasteiger partial charge on any atom is 0.0776 e. The first-order chi connectivity index (χ1) is 10.1. The van der Waals surface area contributed by atoms with Crippen molar-refractivity contribution in [2.24, 2.45) is 5.41 Å². The summed E-state index contributed by atoms with van der Waals surface area (Å²) in [6.45, 7) is 25.8. The Balaban J connectivity index is 4.48. The molecule has 0 aliphatic heterocycles. The molecule has 1 atom stereocenters. The molecule has 0 aromatic heterocycles. The second-order valence-electron chi connectivity index (χ2n) is 9.84. The molecular formula is C20H43NO2. The van der Waals surface area contributed by atoms with Gasteiger partial charge in [-0.1, -0.05) is 27.7 Å². The molecule has 0 fully saturated rings. The molecule has 0 rings (SSSR count). The van der Waals surface area contributed by atoms with E-state index in [0.717, 1.165) is 19.4 Å². The van der Waals surface area contributed by atoms with Gasteiger partial charge in [-0.3, -0.25) is 0 Å². The molecule has 1 N–H and O–H groups in total. The smallest absolute Gasteiger partial charge is 0.0776 e. The van der Waals surface area contributed by atoms with Gasteiger partial charge in [0, 0.05) is 6.04 Å². The molecule has 23 heavy (non-hydrogen) atoms. The van der Waals surface area contributed by atoms with Gasteiger partial charge in [-0.2, -0.15) is 0 Å². The van der Waals surface area contributed by atoms with E-state index >= 15 is 0 Å². The Morgan fingerprint density at radius 1 is 0.870 bits per heavy atom. The first kappa shape index (κ1) is 22.9. The number of hydrogen-bond acceptors (Lipinski definition) is 3. The summed E-state index contributed by atoms with van der Waals surface area (Å²) in [5, 5.41) is 3.44. The number of nitrogens with one attached hydrogen (secondary N) is 1. The lowest BCUT2D eigenvalue weighted by atomic mass is 9.83. The Kier molecular flexibility index (Phi) is 8.27. The van der Waals surface area contributed by atoms with E-state index in [9.17, 15) is 0 Å². The van der Waals surface area contributed by atoms with Crippen molar-refractivity contribution in [3.63, 3.8) is 0 Å². The Bertz CT molecular complexity index is 340. The number of rotatable bonds is 10. The summed E-state index contributed by atoms with van der Waals surface area (Å²) in [5.74, 6) is 0. The average molecular weight is 330 g/mol. The fraction of sp³-hybridized carbons (Fsp3) is 1.00. The van der Waals surface area contributed by atoms with Crippen molar-refractivity contribution in [3.8, 4) is 0 Å². The highest BCUT2D eigenvalue weighted by Gasteiger charge is 2.33. The minimum Gasteiger partial charge on any atom is -0.374 e. The third-order valence-corrected chi connectivity index (χ3v) is 4.24. The second kappa shape index (κ2) is 8.31. The molecule has 1 unspecified atom stereocenters. The summed E-state index contributed by atoms with van der Waals surface area (Å²) in [5.41, 5.74) is -0.229. The molecule has 0 aromatic carbocycles. The van der Waals surface area contributed by atoms with Crippen molar-refractivity contribution in [3.05, 3.63) is 0 Å². The molecule has 0 aromatic rings.